The maximum absolute atomic E-state index is 13.2. The molecule has 15 heavy (non-hydrogen) atoms. The third-order valence-electron chi connectivity index (χ3n) is 3.06. The van der Waals surface area contributed by atoms with Crippen LogP contribution in [0.3, 0.4) is 0 Å². The quantitative estimate of drug-likeness (QED) is 0.791. The summed E-state index contributed by atoms with van der Waals surface area (Å²) < 4.78 is 13.2. The molecular weight excluding hydrogens is 193 g/mol. The number of aliphatic hydroxyl groups is 1. The van der Waals surface area contributed by atoms with Crippen molar-refractivity contribution in [3.8, 4) is 0 Å². The van der Waals surface area contributed by atoms with E-state index in [1.54, 1.807) is 19.1 Å². The summed E-state index contributed by atoms with van der Waals surface area (Å²) in [6.45, 7) is 2.54. The number of nitrogens with one attached hydrogen (secondary N) is 1. The molecule has 82 valence electrons. The minimum absolute atomic E-state index is 0.0820. The van der Waals surface area contributed by atoms with Crippen molar-refractivity contribution in [2.24, 2.45) is 0 Å². The second-order valence-corrected chi connectivity index (χ2v) is 4.38. The first kappa shape index (κ1) is 10.6. The number of hydrogen-bond donors (Lipinski definition) is 2. The van der Waals surface area contributed by atoms with E-state index in [1.165, 1.54) is 0 Å². The molecule has 0 atom stereocenters. The highest BCUT2D eigenvalue weighted by Crippen LogP contribution is 2.34. The van der Waals surface area contributed by atoms with Crippen LogP contribution in [-0.2, 0) is 6.54 Å². The molecule has 2 N–H and O–H groups in total. The Hall–Kier alpha value is -0.930. The Bertz CT molecular complexity index is 361. The molecule has 0 heterocycles. The average Bonchev–Trinajstić information content (AvgIpc) is 3.01. The number of rotatable bonds is 4. The van der Waals surface area contributed by atoms with E-state index in [1.807, 2.05) is 6.07 Å². The van der Waals surface area contributed by atoms with Crippen molar-refractivity contribution in [3.63, 3.8) is 0 Å². The summed E-state index contributed by atoms with van der Waals surface area (Å²) in [5.74, 6) is -0.164. The van der Waals surface area contributed by atoms with E-state index in [0.717, 1.165) is 18.4 Å². The molecule has 1 aromatic carbocycles. The van der Waals surface area contributed by atoms with Crippen LogP contribution in [0.2, 0.25) is 0 Å². The monoisotopic (exact) mass is 209 g/mol. The van der Waals surface area contributed by atoms with E-state index < -0.39 is 0 Å². The molecular formula is C12H16FNO. The van der Waals surface area contributed by atoms with Gasteiger partial charge in [0.1, 0.15) is 5.82 Å². The zero-order valence-electron chi connectivity index (χ0n) is 8.89. The Morgan fingerprint density at radius 2 is 2.20 bits per heavy atom. The van der Waals surface area contributed by atoms with Crippen molar-refractivity contribution in [2.75, 3.05) is 6.61 Å². The molecule has 2 nitrogen and oxygen atoms in total. The van der Waals surface area contributed by atoms with Gasteiger partial charge in [-0.3, -0.25) is 0 Å². The van der Waals surface area contributed by atoms with Gasteiger partial charge >= 0.3 is 0 Å². The largest absolute Gasteiger partial charge is 0.394 e. The zero-order chi connectivity index (χ0) is 10.9. The Morgan fingerprint density at radius 1 is 1.47 bits per heavy atom. The Kier molecular flexibility index (Phi) is 2.76. The van der Waals surface area contributed by atoms with Crippen molar-refractivity contribution in [3.05, 3.63) is 35.1 Å². The molecule has 0 aromatic heterocycles. The molecule has 0 amide bonds. The minimum atomic E-state index is -0.164. The SMILES string of the molecule is Cc1ccc(CNC2(CO)CC2)cc1F. The van der Waals surface area contributed by atoms with Crippen molar-refractivity contribution < 1.29 is 9.50 Å². The molecule has 0 unspecified atom stereocenters. The van der Waals surface area contributed by atoms with Gasteiger partial charge in [-0.15, -0.1) is 0 Å². The molecule has 1 aliphatic carbocycles. The second-order valence-electron chi connectivity index (χ2n) is 4.38. The highest BCUT2D eigenvalue weighted by Gasteiger charge is 2.41. The lowest BCUT2D eigenvalue weighted by Crippen LogP contribution is -2.34. The maximum Gasteiger partial charge on any atom is 0.126 e. The lowest BCUT2D eigenvalue weighted by molar-refractivity contribution is 0.229. The van der Waals surface area contributed by atoms with Gasteiger partial charge in [0.15, 0.2) is 0 Å². The third kappa shape index (κ3) is 2.36. The van der Waals surface area contributed by atoms with E-state index in [9.17, 15) is 4.39 Å². The van der Waals surface area contributed by atoms with Gasteiger partial charge in [-0.05, 0) is 37.0 Å². The lowest BCUT2D eigenvalue weighted by Gasteiger charge is -2.14. The molecule has 0 radical (unpaired) electrons. The Labute approximate surface area is 89.1 Å². The summed E-state index contributed by atoms with van der Waals surface area (Å²) >= 11 is 0. The van der Waals surface area contributed by atoms with E-state index in [2.05, 4.69) is 5.32 Å². The number of aliphatic hydroxyl groups excluding tert-OH is 1. The number of benzene rings is 1. The first-order chi connectivity index (χ1) is 7.15. The molecule has 1 fully saturated rings. The summed E-state index contributed by atoms with van der Waals surface area (Å²) in [6.07, 6.45) is 2.02. The summed E-state index contributed by atoms with van der Waals surface area (Å²) in [6, 6.07) is 5.25. The lowest BCUT2D eigenvalue weighted by atomic mass is 10.1. The number of hydrogen-bond acceptors (Lipinski definition) is 2. The third-order valence-corrected chi connectivity index (χ3v) is 3.06. The second kappa shape index (κ2) is 3.91. The molecule has 2 rings (SSSR count). The van der Waals surface area contributed by atoms with E-state index in [-0.39, 0.29) is 18.0 Å². The minimum Gasteiger partial charge on any atom is -0.394 e. The van der Waals surface area contributed by atoms with Crippen molar-refractivity contribution in [1.29, 1.82) is 0 Å². The van der Waals surface area contributed by atoms with Gasteiger partial charge in [0.05, 0.1) is 6.61 Å². The summed E-state index contributed by atoms with van der Waals surface area (Å²) in [7, 11) is 0. The molecule has 1 aliphatic rings. The van der Waals surface area contributed by atoms with Crippen LogP contribution in [0, 0.1) is 12.7 Å². The van der Waals surface area contributed by atoms with Gasteiger partial charge in [-0.2, -0.15) is 0 Å². The highest BCUT2D eigenvalue weighted by atomic mass is 19.1. The van der Waals surface area contributed by atoms with Crippen LogP contribution in [0.4, 0.5) is 4.39 Å². The normalized spacial score (nSPS) is 17.8. The first-order valence-corrected chi connectivity index (χ1v) is 5.26. The fourth-order valence-electron chi connectivity index (χ4n) is 1.58. The van der Waals surface area contributed by atoms with Crippen LogP contribution in [0.25, 0.3) is 0 Å². The topological polar surface area (TPSA) is 32.3 Å². The van der Waals surface area contributed by atoms with Crippen LogP contribution in [0.5, 0.6) is 0 Å². The Morgan fingerprint density at radius 3 is 2.73 bits per heavy atom. The van der Waals surface area contributed by atoms with Crippen LogP contribution in [0.1, 0.15) is 24.0 Å². The first-order valence-electron chi connectivity index (χ1n) is 5.26. The van der Waals surface area contributed by atoms with Crippen molar-refractivity contribution in [1.82, 2.24) is 5.32 Å². The molecule has 3 heteroatoms. The van der Waals surface area contributed by atoms with Crippen molar-refractivity contribution >= 4 is 0 Å². The van der Waals surface area contributed by atoms with Gasteiger partial charge in [0.2, 0.25) is 0 Å². The van der Waals surface area contributed by atoms with Crippen LogP contribution >= 0.6 is 0 Å². The van der Waals surface area contributed by atoms with Gasteiger partial charge in [-0.1, -0.05) is 12.1 Å². The fraction of sp³-hybridized carbons (Fsp3) is 0.500. The molecule has 0 saturated heterocycles. The molecule has 1 saturated carbocycles. The molecule has 0 spiro atoms. The molecule has 1 aromatic rings. The predicted octanol–water partition coefficient (Wildman–Crippen LogP) is 1.75. The van der Waals surface area contributed by atoms with Gasteiger partial charge < -0.3 is 10.4 Å². The zero-order valence-corrected chi connectivity index (χ0v) is 8.89. The van der Waals surface area contributed by atoms with Gasteiger partial charge in [0.25, 0.3) is 0 Å². The van der Waals surface area contributed by atoms with Gasteiger partial charge in [0, 0.05) is 12.1 Å². The smallest absolute Gasteiger partial charge is 0.126 e. The van der Waals surface area contributed by atoms with E-state index >= 15 is 0 Å². The highest BCUT2D eigenvalue weighted by molar-refractivity contribution is 5.23. The fourth-order valence-corrected chi connectivity index (χ4v) is 1.58. The van der Waals surface area contributed by atoms with Crippen molar-refractivity contribution in [2.45, 2.75) is 31.8 Å². The summed E-state index contributed by atoms with van der Waals surface area (Å²) in [5, 5.41) is 12.4. The average molecular weight is 209 g/mol. The Balaban J connectivity index is 1.96. The van der Waals surface area contributed by atoms with Gasteiger partial charge in [-0.25, -0.2) is 4.39 Å². The van der Waals surface area contributed by atoms with E-state index in [4.69, 9.17) is 5.11 Å². The molecule has 0 bridgehead atoms. The maximum atomic E-state index is 13.2. The van der Waals surface area contributed by atoms with Crippen LogP contribution < -0.4 is 5.32 Å². The van der Waals surface area contributed by atoms with E-state index in [0.29, 0.717) is 12.1 Å². The number of halogens is 1. The standard InChI is InChI=1S/C12H16FNO/c1-9-2-3-10(6-11(9)13)7-14-12(8-15)4-5-12/h2-3,6,14-15H,4-5,7-8H2,1H3. The van der Waals surface area contributed by atoms with Crippen LogP contribution in [-0.4, -0.2) is 17.3 Å². The molecule has 0 aliphatic heterocycles. The number of aryl methyl sites for hydroxylation is 1. The summed E-state index contributed by atoms with van der Waals surface area (Å²) in [4.78, 5) is 0. The predicted molar refractivity (Wildman–Crippen MR) is 57.0 cm³/mol. The van der Waals surface area contributed by atoms with Crippen LogP contribution in [0.15, 0.2) is 18.2 Å². The summed E-state index contributed by atoms with van der Waals surface area (Å²) in [5.41, 5.74) is 1.52.